The molecule has 1 aromatic carbocycles. The van der Waals surface area contributed by atoms with Gasteiger partial charge in [-0.25, -0.2) is 12.8 Å². The molecule has 1 N–H and O–H groups in total. The molecule has 2 heterocycles. The number of carbonyl (C=O) groups is 1. The number of sulfonamides is 1. The van der Waals surface area contributed by atoms with Crippen LogP contribution in [0.4, 0.5) is 9.39 Å². The molecule has 25 heavy (non-hydrogen) atoms. The number of nitrogens with one attached hydrogen (secondary N) is 1. The SMILES string of the molecule is O=C(Cc1ccc(F)cc1)Nc1ccc(S(=O)(=O)N2CCCCC2)s1. The standard InChI is InChI=1S/C17H19FN2O3S2/c18-14-6-4-13(5-7-14)12-15(21)19-16-8-9-17(24-16)25(22,23)20-10-2-1-3-11-20/h4-9H,1-3,10-12H2,(H,19,21). The van der Waals surface area contributed by atoms with Gasteiger partial charge in [0.1, 0.15) is 10.0 Å². The molecule has 0 atom stereocenters. The molecule has 2 aromatic rings. The van der Waals surface area contributed by atoms with Gasteiger partial charge in [-0.05, 0) is 42.7 Å². The third kappa shape index (κ3) is 4.45. The van der Waals surface area contributed by atoms with Crippen LogP contribution in [0.3, 0.4) is 0 Å². The molecular weight excluding hydrogens is 363 g/mol. The lowest BCUT2D eigenvalue weighted by Crippen LogP contribution is -2.35. The van der Waals surface area contributed by atoms with Gasteiger partial charge in [0.05, 0.1) is 11.4 Å². The van der Waals surface area contributed by atoms with Crippen LogP contribution in [0.25, 0.3) is 0 Å². The Balaban J connectivity index is 1.64. The van der Waals surface area contributed by atoms with Gasteiger partial charge in [-0.3, -0.25) is 4.79 Å². The lowest BCUT2D eigenvalue weighted by Gasteiger charge is -2.25. The number of nitrogens with zero attached hydrogens (tertiary/aromatic N) is 1. The number of rotatable bonds is 5. The van der Waals surface area contributed by atoms with Gasteiger partial charge >= 0.3 is 0 Å². The third-order valence-corrected chi connectivity index (χ3v) is 7.40. The van der Waals surface area contributed by atoms with Crippen LogP contribution in [0.15, 0.2) is 40.6 Å². The molecule has 1 fully saturated rings. The summed E-state index contributed by atoms with van der Waals surface area (Å²) in [5, 5.41) is 3.19. The summed E-state index contributed by atoms with van der Waals surface area (Å²) in [6.07, 6.45) is 2.92. The fourth-order valence-corrected chi connectivity index (χ4v) is 5.62. The van der Waals surface area contributed by atoms with Gasteiger partial charge in [-0.2, -0.15) is 4.31 Å². The topological polar surface area (TPSA) is 66.5 Å². The Labute approximate surface area is 150 Å². The summed E-state index contributed by atoms with van der Waals surface area (Å²) < 4.78 is 39.8. The molecule has 0 radical (unpaired) electrons. The van der Waals surface area contributed by atoms with Crippen molar-refractivity contribution in [1.29, 1.82) is 0 Å². The Morgan fingerprint density at radius 1 is 1.08 bits per heavy atom. The molecule has 0 aliphatic carbocycles. The van der Waals surface area contributed by atoms with Gasteiger partial charge in [-0.1, -0.05) is 18.6 Å². The van der Waals surface area contributed by atoms with Crippen molar-refractivity contribution >= 4 is 32.3 Å². The Morgan fingerprint density at radius 2 is 1.76 bits per heavy atom. The summed E-state index contributed by atoms with van der Waals surface area (Å²) in [4.78, 5) is 12.1. The molecule has 5 nitrogen and oxygen atoms in total. The van der Waals surface area contributed by atoms with Crippen molar-refractivity contribution in [2.75, 3.05) is 18.4 Å². The van der Waals surface area contributed by atoms with Crippen LogP contribution in [0.5, 0.6) is 0 Å². The predicted octanol–water partition coefficient (Wildman–Crippen LogP) is 3.24. The van der Waals surface area contributed by atoms with Crippen molar-refractivity contribution < 1.29 is 17.6 Å². The molecule has 0 saturated carbocycles. The monoisotopic (exact) mass is 382 g/mol. The largest absolute Gasteiger partial charge is 0.317 e. The number of anilines is 1. The second-order valence-electron chi connectivity index (χ2n) is 5.93. The first-order valence-corrected chi connectivity index (χ1v) is 10.3. The van der Waals surface area contributed by atoms with E-state index in [9.17, 15) is 17.6 Å². The molecule has 1 aromatic heterocycles. The molecule has 1 aliphatic heterocycles. The summed E-state index contributed by atoms with van der Waals surface area (Å²) in [6, 6.07) is 8.84. The number of halogens is 1. The summed E-state index contributed by atoms with van der Waals surface area (Å²) in [6.45, 7) is 1.10. The second-order valence-corrected chi connectivity index (χ2v) is 9.18. The van der Waals surface area contributed by atoms with Gasteiger partial charge in [0.15, 0.2) is 0 Å². The van der Waals surface area contributed by atoms with E-state index >= 15 is 0 Å². The van der Waals surface area contributed by atoms with Crippen LogP contribution in [0.1, 0.15) is 24.8 Å². The highest BCUT2D eigenvalue weighted by Gasteiger charge is 2.27. The zero-order valence-electron chi connectivity index (χ0n) is 13.6. The van der Waals surface area contributed by atoms with Gasteiger partial charge in [0, 0.05) is 13.1 Å². The van der Waals surface area contributed by atoms with Crippen LogP contribution >= 0.6 is 11.3 Å². The van der Waals surface area contributed by atoms with Crippen LogP contribution in [0, 0.1) is 5.82 Å². The lowest BCUT2D eigenvalue weighted by molar-refractivity contribution is -0.115. The molecule has 1 saturated heterocycles. The fourth-order valence-electron chi connectivity index (χ4n) is 2.73. The van der Waals surface area contributed by atoms with Crippen molar-refractivity contribution in [3.63, 3.8) is 0 Å². The number of hydrogen-bond donors (Lipinski definition) is 1. The molecule has 3 rings (SSSR count). The highest BCUT2D eigenvalue weighted by Crippen LogP contribution is 2.30. The number of thiophene rings is 1. The second kappa shape index (κ2) is 7.63. The average Bonchev–Trinajstić information content (AvgIpc) is 3.07. The first kappa shape index (κ1) is 18.0. The Kier molecular flexibility index (Phi) is 5.51. The van der Waals surface area contributed by atoms with E-state index < -0.39 is 10.0 Å². The highest BCUT2D eigenvalue weighted by atomic mass is 32.2. The Bertz CT molecular complexity index is 841. The molecule has 134 valence electrons. The van der Waals surface area contributed by atoms with Crippen molar-refractivity contribution in [3.05, 3.63) is 47.8 Å². The maximum absolute atomic E-state index is 12.9. The molecular formula is C17H19FN2O3S2. The van der Waals surface area contributed by atoms with E-state index in [-0.39, 0.29) is 22.4 Å². The number of hydrogen-bond acceptors (Lipinski definition) is 4. The molecule has 0 spiro atoms. The van der Waals surface area contributed by atoms with E-state index in [1.807, 2.05) is 0 Å². The summed E-state index contributed by atoms with van der Waals surface area (Å²) in [5.74, 6) is -0.620. The normalized spacial score (nSPS) is 15.9. The van der Waals surface area contributed by atoms with E-state index in [0.29, 0.717) is 23.7 Å². The van der Waals surface area contributed by atoms with Gasteiger partial charge < -0.3 is 5.32 Å². The van der Waals surface area contributed by atoms with Gasteiger partial charge in [0.2, 0.25) is 5.91 Å². The van der Waals surface area contributed by atoms with Crippen LogP contribution < -0.4 is 5.32 Å². The third-order valence-electron chi connectivity index (χ3n) is 4.03. The van der Waals surface area contributed by atoms with Crippen LogP contribution in [-0.2, 0) is 21.2 Å². The first-order valence-electron chi connectivity index (χ1n) is 8.09. The van der Waals surface area contributed by atoms with Crippen LogP contribution in [-0.4, -0.2) is 31.7 Å². The van der Waals surface area contributed by atoms with Crippen molar-refractivity contribution in [2.24, 2.45) is 0 Å². The molecule has 1 aliphatic rings. The quantitative estimate of drug-likeness (QED) is 0.863. The minimum Gasteiger partial charge on any atom is -0.317 e. The maximum atomic E-state index is 12.9. The van der Waals surface area contributed by atoms with Crippen molar-refractivity contribution in [2.45, 2.75) is 29.9 Å². The fraction of sp³-hybridized carbons (Fsp3) is 0.353. The number of carbonyl (C=O) groups excluding carboxylic acids is 1. The van der Waals surface area contributed by atoms with Gasteiger partial charge in [0.25, 0.3) is 10.0 Å². The minimum atomic E-state index is -3.48. The maximum Gasteiger partial charge on any atom is 0.252 e. The van der Waals surface area contributed by atoms with Crippen LogP contribution in [0.2, 0.25) is 0 Å². The van der Waals surface area contributed by atoms with Crippen molar-refractivity contribution in [3.8, 4) is 0 Å². The highest BCUT2D eigenvalue weighted by molar-refractivity contribution is 7.91. The van der Waals surface area contributed by atoms with E-state index in [2.05, 4.69) is 5.32 Å². The van der Waals surface area contributed by atoms with Crippen molar-refractivity contribution in [1.82, 2.24) is 4.31 Å². The minimum absolute atomic E-state index is 0.104. The number of amides is 1. The average molecular weight is 382 g/mol. The lowest BCUT2D eigenvalue weighted by atomic mass is 10.1. The first-order chi connectivity index (χ1) is 11.9. The molecule has 0 bridgehead atoms. The van der Waals surface area contributed by atoms with E-state index in [1.54, 1.807) is 18.2 Å². The number of benzene rings is 1. The number of piperidine rings is 1. The van der Waals surface area contributed by atoms with E-state index in [4.69, 9.17) is 0 Å². The smallest absolute Gasteiger partial charge is 0.252 e. The Morgan fingerprint density at radius 3 is 2.44 bits per heavy atom. The summed E-state index contributed by atoms with van der Waals surface area (Å²) >= 11 is 1.05. The molecule has 1 amide bonds. The summed E-state index contributed by atoms with van der Waals surface area (Å²) in [5.41, 5.74) is 0.691. The van der Waals surface area contributed by atoms with E-state index in [1.165, 1.54) is 22.5 Å². The van der Waals surface area contributed by atoms with Gasteiger partial charge in [-0.15, -0.1) is 11.3 Å². The Hall–Kier alpha value is -1.77. The van der Waals surface area contributed by atoms with E-state index in [0.717, 1.165) is 30.6 Å². The molecule has 0 unspecified atom stereocenters. The zero-order valence-corrected chi connectivity index (χ0v) is 15.2. The predicted molar refractivity (Wildman–Crippen MR) is 95.7 cm³/mol. The molecule has 8 heteroatoms. The summed E-state index contributed by atoms with van der Waals surface area (Å²) in [7, 11) is -3.48. The zero-order chi connectivity index (χ0) is 17.9.